The lowest BCUT2D eigenvalue weighted by molar-refractivity contribution is -0.219. The second kappa shape index (κ2) is 9.29. The van der Waals surface area contributed by atoms with E-state index in [9.17, 15) is 15.0 Å². The third-order valence-electron chi connectivity index (χ3n) is 4.25. The van der Waals surface area contributed by atoms with Crippen molar-refractivity contribution >= 4 is 5.97 Å². The van der Waals surface area contributed by atoms with Gasteiger partial charge in [-0.15, -0.1) is 0 Å². The fraction of sp³-hybridized carbons (Fsp3) is 0.706. The van der Waals surface area contributed by atoms with E-state index in [1.807, 2.05) is 13.0 Å². The first-order valence-electron chi connectivity index (χ1n) is 7.93. The molecule has 1 heterocycles. The number of hydrogen-bond acceptors (Lipinski definition) is 6. The predicted octanol–water partition coefficient (Wildman–Crippen LogP) is 1.59. The van der Waals surface area contributed by atoms with Crippen LogP contribution in [-0.2, 0) is 19.0 Å². The second-order valence-corrected chi connectivity index (χ2v) is 6.06. The summed E-state index contributed by atoms with van der Waals surface area (Å²) in [5.41, 5.74) is -0.123. The molecule has 0 aromatic carbocycles. The van der Waals surface area contributed by atoms with E-state index in [4.69, 9.17) is 19.3 Å². The lowest BCUT2D eigenvalue weighted by Gasteiger charge is -2.29. The van der Waals surface area contributed by atoms with E-state index in [1.165, 1.54) is 14.2 Å². The monoisotopic (exact) mass is 344 g/mol. The van der Waals surface area contributed by atoms with Crippen LogP contribution in [0.15, 0.2) is 23.3 Å². The molecule has 1 aliphatic heterocycles. The number of hydrogen-bond donors (Lipinski definition) is 3. The van der Waals surface area contributed by atoms with Gasteiger partial charge in [0.25, 0.3) is 0 Å². The highest BCUT2D eigenvalue weighted by atomic mass is 16.8. The van der Waals surface area contributed by atoms with Gasteiger partial charge in [0.2, 0.25) is 0 Å². The standard InChI is InChI=1S/C17H28O7/c1-11(7-5-9-12(2)14(19)20)8-6-10-17(21)13(18)15(22-3)24-16(17)23-4/h8-9,13,15-16,18,21H,5-7,10H2,1-4H3,(H,19,20). The lowest BCUT2D eigenvalue weighted by Crippen LogP contribution is -2.49. The highest BCUT2D eigenvalue weighted by molar-refractivity contribution is 5.85. The maximum atomic E-state index is 10.7. The average molecular weight is 344 g/mol. The van der Waals surface area contributed by atoms with Crippen molar-refractivity contribution < 1.29 is 34.3 Å². The van der Waals surface area contributed by atoms with E-state index >= 15 is 0 Å². The molecular formula is C17H28O7. The Labute approximate surface area is 142 Å². The van der Waals surface area contributed by atoms with Gasteiger partial charge in [-0.2, -0.15) is 0 Å². The SMILES string of the molecule is COC1OC(OC)C(O)(CCC=C(C)CCC=C(C)C(=O)O)C1O. The molecule has 24 heavy (non-hydrogen) atoms. The van der Waals surface area contributed by atoms with E-state index in [0.29, 0.717) is 18.4 Å². The van der Waals surface area contributed by atoms with Gasteiger partial charge < -0.3 is 29.5 Å². The van der Waals surface area contributed by atoms with Crippen molar-refractivity contribution in [2.24, 2.45) is 0 Å². The van der Waals surface area contributed by atoms with Crippen molar-refractivity contribution in [3.63, 3.8) is 0 Å². The molecule has 0 aliphatic carbocycles. The summed E-state index contributed by atoms with van der Waals surface area (Å²) in [5.74, 6) is -0.910. The summed E-state index contributed by atoms with van der Waals surface area (Å²) in [6.07, 6.45) is 2.74. The maximum Gasteiger partial charge on any atom is 0.330 e. The van der Waals surface area contributed by atoms with Crippen LogP contribution in [0.2, 0.25) is 0 Å². The van der Waals surface area contributed by atoms with Crippen molar-refractivity contribution in [3.05, 3.63) is 23.3 Å². The average Bonchev–Trinajstić information content (AvgIpc) is 2.78. The molecule has 0 amide bonds. The van der Waals surface area contributed by atoms with E-state index in [1.54, 1.807) is 13.0 Å². The van der Waals surface area contributed by atoms with Crippen LogP contribution in [0.4, 0.5) is 0 Å². The van der Waals surface area contributed by atoms with Crippen LogP contribution in [0.25, 0.3) is 0 Å². The van der Waals surface area contributed by atoms with Crippen molar-refractivity contribution in [3.8, 4) is 0 Å². The molecule has 0 aromatic rings. The number of allylic oxidation sites excluding steroid dienone is 3. The van der Waals surface area contributed by atoms with Gasteiger partial charge in [0.05, 0.1) is 0 Å². The first-order chi connectivity index (χ1) is 11.3. The molecular weight excluding hydrogens is 316 g/mol. The summed E-state index contributed by atoms with van der Waals surface area (Å²) in [5, 5.41) is 29.6. The van der Waals surface area contributed by atoms with E-state index in [-0.39, 0.29) is 6.42 Å². The van der Waals surface area contributed by atoms with Crippen LogP contribution in [0, 0.1) is 0 Å². The van der Waals surface area contributed by atoms with Crippen molar-refractivity contribution in [1.29, 1.82) is 0 Å². The van der Waals surface area contributed by atoms with Gasteiger partial charge in [-0.05, 0) is 39.5 Å². The van der Waals surface area contributed by atoms with E-state index in [2.05, 4.69) is 0 Å². The van der Waals surface area contributed by atoms with Crippen LogP contribution in [-0.4, -0.2) is 59.8 Å². The molecule has 0 radical (unpaired) electrons. The Kier molecular flexibility index (Phi) is 8.05. The summed E-state index contributed by atoms with van der Waals surface area (Å²) in [7, 11) is 2.79. The van der Waals surface area contributed by atoms with Crippen LogP contribution in [0.5, 0.6) is 0 Å². The third-order valence-corrected chi connectivity index (χ3v) is 4.25. The van der Waals surface area contributed by atoms with Crippen LogP contribution in [0.3, 0.4) is 0 Å². The minimum Gasteiger partial charge on any atom is -0.478 e. The van der Waals surface area contributed by atoms with Crippen molar-refractivity contribution in [1.82, 2.24) is 0 Å². The zero-order chi connectivity index (χ0) is 18.3. The molecule has 1 fully saturated rings. The van der Waals surface area contributed by atoms with Crippen LogP contribution >= 0.6 is 0 Å². The van der Waals surface area contributed by atoms with Crippen LogP contribution < -0.4 is 0 Å². The molecule has 1 aliphatic rings. The molecule has 1 saturated heterocycles. The van der Waals surface area contributed by atoms with Gasteiger partial charge in [-0.25, -0.2) is 4.79 Å². The minimum atomic E-state index is -1.54. The third kappa shape index (κ3) is 5.12. The number of aliphatic hydroxyl groups excluding tert-OH is 1. The molecule has 0 spiro atoms. The maximum absolute atomic E-state index is 10.7. The van der Waals surface area contributed by atoms with Gasteiger partial charge in [-0.3, -0.25) is 0 Å². The molecule has 0 aromatic heterocycles. The Morgan fingerprint density at radius 3 is 2.42 bits per heavy atom. The number of aliphatic carboxylic acids is 1. The van der Waals surface area contributed by atoms with Crippen LogP contribution in [0.1, 0.15) is 39.5 Å². The normalized spacial score (nSPS) is 31.5. The number of carboxylic acid groups (broad SMARTS) is 1. The van der Waals surface area contributed by atoms with Crippen molar-refractivity contribution in [2.75, 3.05) is 14.2 Å². The topological polar surface area (TPSA) is 105 Å². The highest BCUT2D eigenvalue weighted by Crippen LogP contribution is 2.35. The quantitative estimate of drug-likeness (QED) is 0.431. The molecule has 4 unspecified atom stereocenters. The molecule has 0 bridgehead atoms. The largest absolute Gasteiger partial charge is 0.478 e. The molecule has 0 saturated carbocycles. The molecule has 7 heteroatoms. The Balaban J connectivity index is 2.55. The number of carboxylic acids is 1. The number of rotatable bonds is 9. The summed E-state index contributed by atoms with van der Waals surface area (Å²) in [6.45, 7) is 3.51. The number of carbonyl (C=O) groups is 1. The molecule has 3 N–H and O–H groups in total. The van der Waals surface area contributed by atoms with Gasteiger partial charge in [0.15, 0.2) is 12.6 Å². The van der Waals surface area contributed by atoms with E-state index < -0.39 is 30.3 Å². The van der Waals surface area contributed by atoms with E-state index in [0.717, 1.165) is 12.0 Å². The van der Waals surface area contributed by atoms with Gasteiger partial charge >= 0.3 is 5.97 Å². The van der Waals surface area contributed by atoms with Gasteiger partial charge in [-0.1, -0.05) is 17.7 Å². The summed E-state index contributed by atoms with van der Waals surface area (Å²) in [4.78, 5) is 10.7. The number of ether oxygens (including phenoxy) is 3. The Morgan fingerprint density at radius 2 is 1.88 bits per heavy atom. The van der Waals surface area contributed by atoms with Crippen molar-refractivity contribution in [2.45, 2.75) is 63.8 Å². The Hall–Kier alpha value is -1.25. The summed E-state index contributed by atoms with van der Waals surface area (Å²) < 4.78 is 15.4. The van der Waals surface area contributed by atoms with Gasteiger partial charge in [0.1, 0.15) is 11.7 Å². The fourth-order valence-corrected chi connectivity index (χ4v) is 2.65. The summed E-state index contributed by atoms with van der Waals surface area (Å²) in [6, 6.07) is 0. The zero-order valence-corrected chi connectivity index (χ0v) is 14.7. The zero-order valence-electron chi connectivity index (χ0n) is 14.7. The number of methoxy groups -OCH3 is 2. The Bertz CT molecular complexity index is 481. The highest BCUT2D eigenvalue weighted by Gasteiger charge is 2.55. The minimum absolute atomic E-state index is 0.258. The Morgan fingerprint density at radius 1 is 1.21 bits per heavy atom. The first-order valence-corrected chi connectivity index (χ1v) is 7.93. The summed E-state index contributed by atoms with van der Waals surface area (Å²) >= 11 is 0. The second-order valence-electron chi connectivity index (χ2n) is 6.06. The molecule has 4 atom stereocenters. The molecule has 138 valence electrons. The first kappa shape index (κ1) is 20.8. The predicted molar refractivity (Wildman–Crippen MR) is 87.3 cm³/mol. The molecule has 1 rings (SSSR count). The number of aliphatic hydroxyl groups is 2. The lowest BCUT2D eigenvalue weighted by atomic mass is 9.91. The van der Waals surface area contributed by atoms with Gasteiger partial charge in [0, 0.05) is 19.8 Å². The smallest absolute Gasteiger partial charge is 0.330 e. The molecule has 7 nitrogen and oxygen atoms in total. The fourth-order valence-electron chi connectivity index (χ4n) is 2.65.